The van der Waals surface area contributed by atoms with E-state index < -0.39 is 0 Å². The topological polar surface area (TPSA) is 50.3 Å². The van der Waals surface area contributed by atoms with E-state index in [2.05, 4.69) is 11.6 Å². The van der Waals surface area contributed by atoms with Gasteiger partial charge >= 0.3 is 0 Å². The number of fused-ring (bicyclic) bond motifs is 1. The summed E-state index contributed by atoms with van der Waals surface area (Å²) in [6.07, 6.45) is 4.94. The van der Waals surface area contributed by atoms with Crippen molar-refractivity contribution in [3.05, 3.63) is 71.6 Å². The molecule has 0 bridgehead atoms. The van der Waals surface area contributed by atoms with Crippen LogP contribution in [-0.2, 0) is 6.42 Å². The molecule has 4 heteroatoms. The minimum Gasteiger partial charge on any atom is -0.274 e. The summed E-state index contributed by atoms with van der Waals surface area (Å²) in [6.45, 7) is 4.10. The maximum absolute atomic E-state index is 12.2. The third-order valence-electron chi connectivity index (χ3n) is 3.78. The fourth-order valence-electron chi connectivity index (χ4n) is 2.57. The largest absolute Gasteiger partial charge is 0.274 e. The second-order valence-corrected chi connectivity index (χ2v) is 5.20. The van der Waals surface area contributed by atoms with Crippen molar-refractivity contribution in [3.8, 4) is 0 Å². The number of hydrogen-bond acceptors (Lipinski definition) is 3. The summed E-state index contributed by atoms with van der Waals surface area (Å²) in [5, 5.41) is 0. The fourth-order valence-corrected chi connectivity index (χ4v) is 2.57. The van der Waals surface area contributed by atoms with E-state index in [1.807, 2.05) is 12.1 Å². The number of amides is 2. The van der Waals surface area contributed by atoms with Gasteiger partial charge in [0.2, 0.25) is 0 Å². The third kappa shape index (κ3) is 2.55. The molecule has 0 aliphatic carbocycles. The molecule has 1 aliphatic rings. The van der Waals surface area contributed by atoms with Crippen LogP contribution in [0.2, 0.25) is 0 Å². The van der Waals surface area contributed by atoms with Gasteiger partial charge in [0.1, 0.15) is 0 Å². The van der Waals surface area contributed by atoms with Gasteiger partial charge in [-0.25, -0.2) is 0 Å². The molecule has 0 spiro atoms. The molecule has 0 saturated heterocycles. The number of rotatable bonds is 5. The van der Waals surface area contributed by atoms with Crippen molar-refractivity contribution in [1.82, 2.24) is 9.88 Å². The van der Waals surface area contributed by atoms with Gasteiger partial charge in [-0.15, -0.1) is 0 Å². The van der Waals surface area contributed by atoms with Crippen LogP contribution in [0.25, 0.3) is 6.08 Å². The minimum atomic E-state index is -0.199. The molecule has 0 fully saturated rings. The van der Waals surface area contributed by atoms with Gasteiger partial charge < -0.3 is 0 Å². The third-order valence-corrected chi connectivity index (χ3v) is 3.78. The highest BCUT2D eigenvalue weighted by Gasteiger charge is 2.34. The number of nitrogens with zero attached hydrogens (tertiary/aromatic N) is 2. The van der Waals surface area contributed by atoms with Gasteiger partial charge in [0.25, 0.3) is 11.8 Å². The predicted molar refractivity (Wildman–Crippen MR) is 84.5 cm³/mol. The summed E-state index contributed by atoms with van der Waals surface area (Å²) in [4.78, 5) is 30.1. The zero-order valence-electron chi connectivity index (χ0n) is 12.2. The Labute approximate surface area is 129 Å². The lowest BCUT2D eigenvalue weighted by Gasteiger charge is -2.13. The smallest absolute Gasteiger partial charge is 0.261 e. The average Bonchev–Trinajstić information content (AvgIpc) is 2.81. The Morgan fingerprint density at radius 1 is 1.05 bits per heavy atom. The zero-order chi connectivity index (χ0) is 15.5. The Morgan fingerprint density at radius 3 is 2.27 bits per heavy atom. The molecule has 22 heavy (non-hydrogen) atoms. The van der Waals surface area contributed by atoms with Gasteiger partial charge in [-0.3, -0.25) is 19.5 Å². The lowest BCUT2D eigenvalue weighted by atomic mass is 10.1. The molecule has 1 aliphatic heterocycles. The second-order valence-electron chi connectivity index (χ2n) is 5.20. The molecule has 2 aromatic rings. The van der Waals surface area contributed by atoms with Crippen molar-refractivity contribution in [2.24, 2.45) is 0 Å². The lowest BCUT2D eigenvalue weighted by molar-refractivity contribution is 0.0652. The molecule has 0 radical (unpaired) electrons. The highest BCUT2D eigenvalue weighted by atomic mass is 16.2. The van der Waals surface area contributed by atoms with Crippen molar-refractivity contribution < 1.29 is 9.59 Å². The number of aryl methyl sites for hydroxylation is 1. The van der Waals surface area contributed by atoms with Crippen LogP contribution in [0.1, 0.15) is 38.4 Å². The summed E-state index contributed by atoms with van der Waals surface area (Å²) in [5.74, 6) is -0.397. The fraction of sp³-hybridized carbons (Fsp3) is 0.167. The molecule has 2 heterocycles. The first kappa shape index (κ1) is 14.2. The van der Waals surface area contributed by atoms with E-state index in [0.29, 0.717) is 24.1 Å². The van der Waals surface area contributed by atoms with Crippen molar-refractivity contribution in [3.63, 3.8) is 0 Å². The van der Waals surface area contributed by atoms with Crippen LogP contribution in [-0.4, -0.2) is 28.2 Å². The molecule has 2 amide bonds. The van der Waals surface area contributed by atoms with E-state index >= 15 is 0 Å². The Balaban J connectivity index is 1.62. The molecule has 0 unspecified atom stereocenters. The quantitative estimate of drug-likeness (QED) is 0.796. The maximum Gasteiger partial charge on any atom is 0.261 e. The number of aromatic nitrogens is 1. The monoisotopic (exact) mass is 292 g/mol. The molecule has 0 atom stereocenters. The number of benzene rings is 1. The Hall–Kier alpha value is -2.75. The molecule has 3 rings (SSSR count). The molecule has 0 N–H and O–H groups in total. The Morgan fingerprint density at radius 2 is 1.73 bits per heavy atom. The molecule has 0 saturated carbocycles. The summed E-state index contributed by atoms with van der Waals surface area (Å²) in [7, 11) is 0. The van der Waals surface area contributed by atoms with Crippen LogP contribution in [0.3, 0.4) is 0 Å². The van der Waals surface area contributed by atoms with E-state index in [1.54, 1.807) is 36.5 Å². The number of imide groups is 1. The van der Waals surface area contributed by atoms with Gasteiger partial charge in [0, 0.05) is 18.4 Å². The molecule has 1 aromatic heterocycles. The van der Waals surface area contributed by atoms with Crippen LogP contribution >= 0.6 is 0 Å². The molecule has 1 aromatic carbocycles. The Bertz CT molecular complexity index is 700. The summed E-state index contributed by atoms with van der Waals surface area (Å²) < 4.78 is 0. The second kappa shape index (κ2) is 5.93. The normalized spacial score (nSPS) is 13.4. The standard InChI is InChI=1S/C18H16N2O2/c1-2-13-9-10-14(19-12-13)6-5-11-20-17(21)15-7-3-4-8-16(15)18(20)22/h2-4,7-10,12H,1,5-6,11H2. The maximum atomic E-state index is 12.2. The van der Waals surface area contributed by atoms with E-state index in [4.69, 9.17) is 0 Å². The summed E-state index contributed by atoms with van der Waals surface area (Å²) in [5.41, 5.74) is 2.92. The zero-order valence-corrected chi connectivity index (χ0v) is 12.2. The van der Waals surface area contributed by atoms with E-state index in [0.717, 1.165) is 17.7 Å². The van der Waals surface area contributed by atoms with Crippen LogP contribution in [0.15, 0.2) is 49.2 Å². The van der Waals surface area contributed by atoms with Crippen LogP contribution in [0.4, 0.5) is 0 Å². The molecular weight excluding hydrogens is 276 g/mol. The highest BCUT2D eigenvalue weighted by Crippen LogP contribution is 2.22. The van der Waals surface area contributed by atoms with Gasteiger partial charge in [-0.1, -0.05) is 30.9 Å². The van der Waals surface area contributed by atoms with Crippen LogP contribution < -0.4 is 0 Å². The van der Waals surface area contributed by atoms with Crippen LogP contribution in [0.5, 0.6) is 0 Å². The summed E-state index contributed by atoms with van der Waals surface area (Å²) >= 11 is 0. The number of pyridine rings is 1. The summed E-state index contributed by atoms with van der Waals surface area (Å²) in [6, 6.07) is 10.9. The number of carbonyl (C=O) groups excluding carboxylic acids is 2. The lowest BCUT2D eigenvalue weighted by Crippen LogP contribution is -2.31. The first-order valence-corrected chi connectivity index (χ1v) is 7.23. The Kier molecular flexibility index (Phi) is 3.83. The van der Waals surface area contributed by atoms with E-state index in [9.17, 15) is 9.59 Å². The van der Waals surface area contributed by atoms with Gasteiger partial charge in [-0.05, 0) is 36.6 Å². The van der Waals surface area contributed by atoms with Crippen molar-refractivity contribution in [2.75, 3.05) is 6.54 Å². The van der Waals surface area contributed by atoms with E-state index in [1.165, 1.54) is 4.90 Å². The number of hydrogen-bond donors (Lipinski definition) is 0. The number of carbonyl (C=O) groups is 2. The van der Waals surface area contributed by atoms with Gasteiger partial charge in [0.05, 0.1) is 11.1 Å². The van der Waals surface area contributed by atoms with Gasteiger partial charge in [-0.2, -0.15) is 0 Å². The molecular formula is C18H16N2O2. The first-order valence-electron chi connectivity index (χ1n) is 7.23. The van der Waals surface area contributed by atoms with Gasteiger partial charge in [0.15, 0.2) is 0 Å². The van der Waals surface area contributed by atoms with E-state index in [-0.39, 0.29) is 11.8 Å². The first-order chi connectivity index (χ1) is 10.7. The predicted octanol–water partition coefficient (Wildman–Crippen LogP) is 2.95. The minimum absolute atomic E-state index is 0.199. The molecule has 4 nitrogen and oxygen atoms in total. The molecule has 110 valence electrons. The SMILES string of the molecule is C=Cc1ccc(CCCN2C(=O)c3ccccc3C2=O)nc1. The van der Waals surface area contributed by atoms with Crippen molar-refractivity contribution in [2.45, 2.75) is 12.8 Å². The highest BCUT2D eigenvalue weighted by molar-refractivity contribution is 6.21. The van der Waals surface area contributed by atoms with Crippen LogP contribution in [0, 0.1) is 0 Å². The average molecular weight is 292 g/mol. The van der Waals surface area contributed by atoms with Crippen molar-refractivity contribution in [1.29, 1.82) is 0 Å². The van der Waals surface area contributed by atoms with Crippen molar-refractivity contribution >= 4 is 17.9 Å².